The lowest BCUT2D eigenvalue weighted by molar-refractivity contribution is 0.0846. The van der Waals surface area contributed by atoms with Gasteiger partial charge in [0.05, 0.1) is 13.2 Å². The predicted molar refractivity (Wildman–Crippen MR) is 62.9 cm³/mol. The van der Waals surface area contributed by atoms with Gasteiger partial charge in [-0.25, -0.2) is 4.79 Å². The number of aliphatic hydroxyl groups excluding tert-OH is 1. The summed E-state index contributed by atoms with van der Waals surface area (Å²) in [6.45, 7) is 4.78. The van der Waals surface area contributed by atoms with Crippen molar-refractivity contribution in [3.63, 3.8) is 0 Å². The fourth-order valence-electron chi connectivity index (χ4n) is 1.82. The molecule has 1 amide bonds. The Morgan fingerprint density at radius 1 is 1.24 bits per heavy atom. The molecular formula is C11H22N2O4. The second-order valence-corrected chi connectivity index (χ2v) is 4.01. The highest BCUT2D eigenvalue weighted by Gasteiger charge is 2.19. The van der Waals surface area contributed by atoms with Gasteiger partial charge in [-0.1, -0.05) is 0 Å². The number of amides is 1. The van der Waals surface area contributed by atoms with Crippen LogP contribution in [0.2, 0.25) is 0 Å². The zero-order valence-electron chi connectivity index (χ0n) is 10.4. The van der Waals surface area contributed by atoms with Crippen molar-refractivity contribution in [3.05, 3.63) is 0 Å². The third-order valence-corrected chi connectivity index (χ3v) is 2.78. The molecule has 17 heavy (non-hydrogen) atoms. The summed E-state index contributed by atoms with van der Waals surface area (Å²) in [5.74, 6) is 0. The van der Waals surface area contributed by atoms with Gasteiger partial charge in [-0.2, -0.15) is 0 Å². The molecule has 1 N–H and O–H groups in total. The van der Waals surface area contributed by atoms with Crippen LogP contribution in [0.25, 0.3) is 0 Å². The molecule has 0 aromatic rings. The third-order valence-electron chi connectivity index (χ3n) is 2.78. The summed E-state index contributed by atoms with van der Waals surface area (Å²) >= 11 is 0. The highest BCUT2D eigenvalue weighted by atomic mass is 16.6. The lowest BCUT2D eigenvalue weighted by Gasteiger charge is -2.21. The van der Waals surface area contributed by atoms with Gasteiger partial charge >= 0.3 is 6.09 Å². The molecule has 1 saturated heterocycles. The van der Waals surface area contributed by atoms with Crippen LogP contribution in [-0.4, -0.2) is 80.7 Å². The Kier molecular flexibility index (Phi) is 6.91. The van der Waals surface area contributed by atoms with Crippen LogP contribution in [0, 0.1) is 0 Å². The van der Waals surface area contributed by atoms with E-state index in [1.165, 1.54) is 0 Å². The van der Waals surface area contributed by atoms with Gasteiger partial charge in [0.15, 0.2) is 0 Å². The number of hydrogen-bond acceptors (Lipinski definition) is 5. The van der Waals surface area contributed by atoms with Crippen LogP contribution < -0.4 is 0 Å². The number of methoxy groups -OCH3 is 1. The molecule has 1 fully saturated rings. The minimum atomic E-state index is -0.326. The predicted octanol–water partition coefficient (Wildman–Crippen LogP) is -0.231. The van der Waals surface area contributed by atoms with Gasteiger partial charge in [0.25, 0.3) is 0 Å². The van der Waals surface area contributed by atoms with E-state index in [1.807, 2.05) is 0 Å². The summed E-state index contributed by atoms with van der Waals surface area (Å²) < 4.78 is 9.93. The third kappa shape index (κ3) is 5.34. The Morgan fingerprint density at radius 3 is 2.76 bits per heavy atom. The van der Waals surface area contributed by atoms with Gasteiger partial charge < -0.3 is 19.5 Å². The van der Waals surface area contributed by atoms with Crippen LogP contribution >= 0.6 is 0 Å². The summed E-state index contributed by atoms with van der Waals surface area (Å²) in [6.07, 6.45) is 0.616. The molecule has 1 aliphatic rings. The van der Waals surface area contributed by atoms with Crippen molar-refractivity contribution < 1.29 is 19.4 Å². The van der Waals surface area contributed by atoms with Crippen molar-refractivity contribution in [2.24, 2.45) is 0 Å². The van der Waals surface area contributed by atoms with Gasteiger partial charge in [0.1, 0.15) is 6.61 Å². The van der Waals surface area contributed by atoms with Crippen LogP contribution in [0.1, 0.15) is 6.42 Å². The second kappa shape index (κ2) is 8.27. The van der Waals surface area contributed by atoms with Crippen LogP contribution in [0.5, 0.6) is 0 Å². The smallest absolute Gasteiger partial charge is 0.409 e. The van der Waals surface area contributed by atoms with Crippen LogP contribution in [0.3, 0.4) is 0 Å². The topological polar surface area (TPSA) is 62.2 Å². The second-order valence-electron chi connectivity index (χ2n) is 4.01. The maximum absolute atomic E-state index is 11.6. The lowest BCUT2D eigenvalue weighted by atomic mass is 10.4. The van der Waals surface area contributed by atoms with Gasteiger partial charge in [-0.3, -0.25) is 4.90 Å². The highest BCUT2D eigenvalue weighted by molar-refractivity contribution is 5.67. The Hall–Kier alpha value is -0.850. The molecule has 0 saturated carbocycles. The number of aliphatic hydroxyl groups is 1. The summed E-state index contributed by atoms with van der Waals surface area (Å²) in [5.41, 5.74) is 0. The maximum Gasteiger partial charge on any atom is 0.409 e. The molecule has 0 aromatic carbocycles. The van der Waals surface area contributed by atoms with Crippen LogP contribution in [-0.2, 0) is 9.47 Å². The molecule has 0 spiro atoms. The van der Waals surface area contributed by atoms with Crippen molar-refractivity contribution >= 4 is 6.09 Å². The largest absolute Gasteiger partial charge is 0.447 e. The monoisotopic (exact) mass is 246 g/mol. The fraction of sp³-hybridized carbons (Fsp3) is 0.909. The molecule has 1 rings (SSSR count). The number of hydrogen-bond donors (Lipinski definition) is 1. The number of carbonyl (C=O) groups excluding carboxylic acids is 1. The molecule has 0 radical (unpaired) electrons. The number of carbonyl (C=O) groups is 1. The van der Waals surface area contributed by atoms with E-state index < -0.39 is 0 Å². The zero-order chi connectivity index (χ0) is 12.5. The van der Waals surface area contributed by atoms with E-state index in [4.69, 9.17) is 14.6 Å². The summed E-state index contributed by atoms with van der Waals surface area (Å²) in [7, 11) is 1.69. The number of nitrogens with zero attached hydrogens (tertiary/aromatic N) is 2. The first kappa shape index (κ1) is 14.2. The van der Waals surface area contributed by atoms with Gasteiger partial charge in [0, 0.05) is 33.3 Å². The van der Waals surface area contributed by atoms with E-state index in [1.54, 1.807) is 12.0 Å². The Morgan fingerprint density at radius 2 is 2.06 bits per heavy atom. The molecule has 1 aliphatic heterocycles. The lowest BCUT2D eigenvalue weighted by Crippen LogP contribution is -2.36. The molecule has 1 heterocycles. The quantitative estimate of drug-likeness (QED) is 0.726. The maximum atomic E-state index is 11.6. The summed E-state index contributed by atoms with van der Waals surface area (Å²) in [4.78, 5) is 15.6. The average molecular weight is 246 g/mol. The normalized spacial score (nSPS) is 17.9. The average Bonchev–Trinajstić information content (AvgIpc) is 2.59. The van der Waals surface area contributed by atoms with E-state index in [-0.39, 0.29) is 19.3 Å². The Labute approximate surface area is 102 Å². The Bertz CT molecular complexity index is 226. The van der Waals surface area contributed by atoms with Crippen LogP contribution in [0.15, 0.2) is 0 Å². The first-order valence-corrected chi connectivity index (χ1v) is 6.01. The minimum absolute atomic E-state index is 0.0721. The zero-order valence-corrected chi connectivity index (χ0v) is 10.4. The van der Waals surface area contributed by atoms with Crippen LogP contribution in [0.4, 0.5) is 4.79 Å². The van der Waals surface area contributed by atoms with E-state index in [9.17, 15) is 4.79 Å². The molecule has 0 atom stereocenters. The molecule has 0 aromatic heterocycles. The molecule has 6 nitrogen and oxygen atoms in total. The SMILES string of the molecule is COCCN1CCCN(C(=O)OCCO)CC1. The molecule has 0 unspecified atom stereocenters. The van der Waals surface area contributed by atoms with Crippen molar-refractivity contribution in [2.75, 3.05) is 59.7 Å². The van der Waals surface area contributed by atoms with E-state index >= 15 is 0 Å². The molecule has 100 valence electrons. The van der Waals surface area contributed by atoms with Gasteiger partial charge in [-0.05, 0) is 13.0 Å². The standard InChI is InChI=1S/C11H22N2O4/c1-16-9-7-12-3-2-4-13(6-5-12)11(15)17-10-8-14/h14H,2-10H2,1H3. The molecular weight excluding hydrogens is 224 g/mol. The molecule has 0 aliphatic carbocycles. The van der Waals surface area contributed by atoms with Crippen molar-refractivity contribution in [1.29, 1.82) is 0 Å². The Balaban J connectivity index is 2.28. The van der Waals surface area contributed by atoms with E-state index in [0.29, 0.717) is 13.1 Å². The van der Waals surface area contributed by atoms with Gasteiger partial charge in [0.2, 0.25) is 0 Å². The molecule has 6 heteroatoms. The highest BCUT2D eigenvalue weighted by Crippen LogP contribution is 2.04. The van der Waals surface area contributed by atoms with Crippen molar-refractivity contribution in [1.82, 2.24) is 9.80 Å². The number of ether oxygens (including phenoxy) is 2. The van der Waals surface area contributed by atoms with Crippen molar-refractivity contribution in [2.45, 2.75) is 6.42 Å². The first-order chi connectivity index (χ1) is 8.27. The molecule has 0 bridgehead atoms. The van der Waals surface area contributed by atoms with E-state index in [2.05, 4.69) is 4.90 Å². The summed E-state index contributed by atoms with van der Waals surface area (Å²) in [5, 5.41) is 8.59. The number of rotatable bonds is 5. The fourth-order valence-corrected chi connectivity index (χ4v) is 1.82. The van der Waals surface area contributed by atoms with Gasteiger partial charge in [-0.15, -0.1) is 0 Å². The minimum Gasteiger partial charge on any atom is -0.447 e. The first-order valence-electron chi connectivity index (χ1n) is 6.01. The van der Waals surface area contributed by atoms with Crippen molar-refractivity contribution in [3.8, 4) is 0 Å². The van der Waals surface area contributed by atoms with E-state index in [0.717, 1.165) is 32.7 Å². The summed E-state index contributed by atoms with van der Waals surface area (Å²) in [6, 6.07) is 0.